The molecule has 1 aromatic rings. The van der Waals surface area contributed by atoms with Crippen molar-refractivity contribution < 1.29 is 4.79 Å². The first-order valence-corrected chi connectivity index (χ1v) is 7.03. The van der Waals surface area contributed by atoms with Crippen LogP contribution in [-0.4, -0.2) is 34.9 Å². The lowest BCUT2D eigenvalue weighted by Gasteiger charge is -2.31. The van der Waals surface area contributed by atoms with E-state index in [0.29, 0.717) is 5.91 Å². The van der Waals surface area contributed by atoms with Crippen LogP contribution >= 0.6 is 0 Å². The number of nitrogens with one attached hydrogen (secondary N) is 2. The Kier molecular flexibility index (Phi) is 3.37. The lowest BCUT2D eigenvalue weighted by Crippen LogP contribution is -2.48. The molecule has 0 bridgehead atoms. The van der Waals surface area contributed by atoms with E-state index in [1.54, 1.807) is 0 Å². The summed E-state index contributed by atoms with van der Waals surface area (Å²) in [6.07, 6.45) is 7.50. The Balaban J connectivity index is 1.72. The van der Waals surface area contributed by atoms with Gasteiger partial charge in [-0.05, 0) is 44.4 Å². The number of nitrogens with zero attached hydrogens (tertiary/aromatic N) is 1. The lowest BCUT2D eigenvalue weighted by molar-refractivity contribution is -0.135. The quantitative estimate of drug-likeness (QED) is 0.837. The van der Waals surface area contributed by atoms with Crippen LogP contribution < -0.4 is 5.32 Å². The summed E-state index contributed by atoms with van der Waals surface area (Å²) >= 11 is 0. The van der Waals surface area contributed by atoms with Crippen LogP contribution in [0.4, 0.5) is 0 Å². The molecule has 1 amide bonds. The molecule has 2 unspecified atom stereocenters. The number of hydrogen-bond acceptors (Lipinski definition) is 2. The van der Waals surface area contributed by atoms with Gasteiger partial charge in [0.2, 0.25) is 5.91 Å². The second-order valence-corrected chi connectivity index (χ2v) is 5.32. The zero-order valence-corrected chi connectivity index (χ0v) is 10.7. The van der Waals surface area contributed by atoms with Crippen LogP contribution in [0.3, 0.4) is 0 Å². The summed E-state index contributed by atoms with van der Waals surface area (Å²) in [5.74, 6) is 0.298. The molecule has 1 aromatic heterocycles. The number of amides is 1. The second-order valence-electron chi connectivity index (χ2n) is 5.32. The highest BCUT2D eigenvalue weighted by Gasteiger charge is 2.34. The zero-order valence-electron chi connectivity index (χ0n) is 10.7. The van der Waals surface area contributed by atoms with Crippen molar-refractivity contribution in [2.45, 2.75) is 44.2 Å². The van der Waals surface area contributed by atoms with Crippen molar-refractivity contribution in [3.05, 3.63) is 24.0 Å². The highest BCUT2D eigenvalue weighted by molar-refractivity contribution is 5.82. The summed E-state index contributed by atoms with van der Waals surface area (Å²) in [7, 11) is 0. The Morgan fingerprint density at radius 2 is 2.22 bits per heavy atom. The van der Waals surface area contributed by atoms with Crippen LogP contribution in [0.1, 0.15) is 43.8 Å². The van der Waals surface area contributed by atoms with Gasteiger partial charge in [0.05, 0.1) is 12.1 Å². The summed E-state index contributed by atoms with van der Waals surface area (Å²) in [6, 6.07) is 4.41. The average molecular weight is 247 g/mol. The van der Waals surface area contributed by atoms with Gasteiger partial charge in [-0.25, -0.2) is 0 Å². The first-order chi connectivity index (χ1) is 8.86. The minimum Gasteiger partial charge on any atom is -0.363 e. The summed E-state index contributed by atoms with van der Waals surface area (Å²) < 4.78 is 0. The smallest absolute Gasteiger partial charge is 0.240 e. The number of carbonyl (C=O) groups excluding carboxylic acids is 1. The standard InChI is InChI=1S/C14H21N3O/c18-14(12-5-1-2-8-16-12)17-10-4-7-13(17)11-6-3-9-15-11/h3,6,9,12-13,15-16H,1-2,4-5,7-8,10H2. The van der Waals surface area contributed by atoms with Gasteiger partial charge in [-0.15, -0.1) is 0 Å². The SMILES string of the molecule is O=C(C1CCCCN1)N1CCCC1c1ccc[nH]1. The fourth-order valence-corrected chi connectivity index (χ4v) is 3.17. The number of rotatable bonds is 2. The normalized spacial score (nSPS) is 28.6. The third kappa shape index (κ3) is 2.17. The number of likely N-dealkylation sites (tertiary alicyclic amines) is 1. The molecule has 2 N–H and O–H groups in total. The second kappa shape index (κ2) is 5.14. The van der Waals surface area contributed by atoms with E-state index in [4.69, 9.17) is 0 Å². The number of H-pyrrole nitrogens is 1. The van der Waals surface area contributed by atoms with Crippen molar-refractivity contribution in [2.75, 3.05) is 13.1 Å². The largest absolute Gasteiger partial charge is 0.363 e. The number of aromatic amines is 1. The van der Waals surface area contributed by atoms with Crippen LogP contribution in [0, 0.1) is 0 Å². The molecule has 0 radical (unpaired) electrons. The predicted octanol–water partition coefficient (Wildman–Crippen LogP) is 1.82. The van der Waals surface area contributed by atoms with Crippen molar-refractivity contribution >= 4 is 5.91 Å². The summed E-state index contributed by atoms with van der Waals surface area (Å²) in [5, 5.41) is 3.36. The maximum atomic E-state index is 12.6. The Hall–Kier alpha value is -1.29. The summed E-state index contributed by atoms with van der Waals surface area (Å²) in [6.45, 7) is 1.89. The van der Waals surface area contributed by atoms with Crippen molar-refractivity contribution in [1.29, 1.82) is 0 Å². The molecule has 2 aliphatic rings. The molecule has 4 nitrogen and oxygen atoms in total. The minimum atomic E-state index is 0.0503. The molecule has 3 rings (SSSR count). The molecule has 2 saturated heterocycles. The fourth-order valence-electron chi connectivity index (χ4n) is 3.17. The minimum absolute atomic E-state index is 0.0503. The van der Waals surface area contributed by atoms with Gasteiger partial charge in [0.25, 0.3) is 0 Å². The highest BCUT2D eigenvalue weighted by Crippen LogP contribution is 2.31. The van der Waals surface area contributed by atoms with Gasteiger partial charge in [-0.1, -0.05) is 6.42 Å². The third-order valence-corrected chi connectivity index (χ3v) is 4.13. The third-order valence-electron chi connectivity index (χ3n) is 4.13. The van der Waals surface area contributed by atoms with Gasteiger partial charge in [0.15, 0.2) is 0 Å². The molecule has 18 heavy (non-hydrogen) atoms. The van der Waals surface area contributed by atoms with E-state index in [9.17, 15) is 4.79 Å². The van der Waals surface area contributed by atoms with E-state index in [0.717, 1.165) is 32.4 Å². The van der Waals surface area contributed by atoms with Crippen LogP contribution in [0.2, 0.25) is 0 Å². The van der Waals surface area contributed by atoms with E-state index < -0.39 is 0 Å². The zero-order chi connectivity index (χ0) is 12.4. The Bertz CT molecular complexity index is 395. The molecular formula is C14H21N3O. The van der Waals surface area contributed by atoms with Crippen LogP contribution in [0.5, 0.6) is 0 Å². The van der Waals surface area contributed by atoms with Gasteiger partial charge in [-0.2, -0.15) is 0 Å². The van der Waals surface area contributed by atoms with Gasteiger partial charge in [0.1, 0.15) is 0 Å². The van der Waals surface area contributed by atoms with E-state index in [2.05, 4.69) is 21.3 Å². The van der Waals surface area contributed by atoms with E-state index >= 15 is 0 Å². The molecular weight excluding hydrogens is 226 g/mol. The van der Waals surface area contributed by atoms with Crippen molar-refractivity contribution in [3.8, 4) is 0 Å². The molecule has 2 aliphatic heterocycles. The predicted molar refractivity (Wildman–Crippen MR) is 70.1 cm³/mol. The highest BCUT2D eigenvalue weighted by atomic mass is 16.2. The number of aromatic nitrogens is 1. The fraction of sp³-hybridized carbons (Fsp3) is 0.643. The average Bonchev–Trinajstić information content (AvgIpc) is 3.09. The molecule has 98 valence electrons. The first kappa shape index (κ1) is 11.8. The Morgan fingerprint density at radius 3 is 2.94 bits per heavy atom. The maximum absolute atomic E-state index is 12.6. The number of carbonyl (C=O) groups is 1. The van der Waals surface area contributed by atoms with Gasteiger partial charge < -0.3 is 15.2 Å². The lowest BCUT2D eigenvalue weighted by atomic mass is 10.0. The van der Waals surface area contributed by atoms with Crippen LogP contribution in [0.25, 0.3) is 0 Å². The molecule has 3 heterocycles. The molecule has 0 spiro atoms. The number of piperidine rings is 1. The van der Waals surface area contributed by atoms with Crippen LogP contribution in [-0.2, 0) is 4.79 Å². The van der Waals surface area contributed by atoms with E-state index in [1.807, 2.05) is 12.3 Å². The maximum Gasteiger partial charge on any atom is 0.240 e. The van der Waals surface area contributed by atoms with Gasteiger partial charge >= 0.3 is 0 Å². The summed E-state index contributed by atoms with van der Waals surface area (Å²) in [4.78, 5) is 17.9. The van der Waals surface area contributed by atoms with E-state index in [1.165, 1.54) is 18.5 Å². The van der Waals surface area contributed by atoms with Crippen molar-refractivity contribution in [2.24, 2.45) is 0 Å². The topological polar surface area (TPSA) is 48.1 Å². The van der Waals surface area contributed by atoms with Gasteiger partial charge in [-0.3, -0.25) is 4.79 Å². The van der Waals surface area contributed by atoms with Crippen molar-refractivity contribution in [3.63, 3.8) is 0 Å². The van der Waals surface area contributed by atoms with Gasteiger partial charge in [0, 0.05) is 18.4 Å². The molecule has 2 fully saturated rings. The molecule has 0 aliphatic carbocycles. The molecule has 0 aromatic carbocycles. The molecule has 0 saturated carbocycles. The number of hydrogen-bond donors (Lipinski definition) is 2. The monoisotopic (exact) mass is 247 g/mol. The molecule has 4 heteroatoms. The van der Waals surface area contributed by atoms with E-state index in [-0.39, 0.29) is 12.1 Å². The van der Waals surface area contributed by atoms with Crippen molar-refractivity contribution in [1.82, 2.24) is 15.2 Å². The summed E-state index contributed by atoms with van der Waals surface area (Å²) in [5.41, 5.74) is 1.18. The first-order valence-electron chi connectivity index (χ1n) is 7.03. The molecule has 2 atom stereocenters. The Morgan fingerprint density at radius 1 is 1.28 bits per heavy atom. The Labute approximate surface area is 108 Å². The van der Waals surface area contributed by atoms with Crippen LogP contribution in [0.15, 0.2) is 18.3 Å².